The van der Waals surface area contributed by atoms with Crippen molar-refractivity contribution in [1.82, 2.24) is 9.97 Å². The fourth-order valence-electron chi connectivity index (χ4n) is 2.58. The molecule has 1 heterocycles. The van der Waals surface area contributed by atoms with Gasteiger partial charge in [0, 0.05) is 12.1 Å². The third kappa shape index (κ3) is 3.74. The zero-order chi connectivity index (χ0) is 14.8. The number of hydrogen-bond donors (Lipinski definition) is 2. The van der Waals surface area contributed by atoms with Gasteiger partial charge in [0.2, 0.25) is 5.95 Å². The van der Waals surface area contributed by atoms with Crippen molar-refractivity contribution in [3.63, 3.8) is 0 Å². The van der Waals surface area contributed by atoms with Crippen LogP contribution < -0.4 is 11.1 Å². The van der Waals surface area contributed by atoms with E-state index < -0.39 is 11.9 Å². The fourth-order valence-corrected chi connectivity index (χ4v) is 2.58. The van der Waals surface area contributed by atoms with Crippen LogP contribution in [0, 0.1) is 5.92 Å². The molecule has 0 bridgehead atoms. The van der Waals surface area contributed by atoms with Gasteiger partial charge in [-0.15, -0.1) is 0 Å². The smallest absolute Gasteiger partial charge is 0.368 e. The second-order valence-electron chi connectivity index (χ2n) is 5.36. The van der Waals surface area contributed by atoms with Crippen molar-refractivity contribution in [2.45, 2.75) is 51.2 Å². The van der Waals surface area contributed by atoms with Crippen LogP contribution in [-0.4, -0.2) is 16.0 Å². The molecule has 0 aliphatic heterocycles. The van der Waals surface area contributed by atoms with Crippen LogP contribution in [0.4, 0.5) is 24.9 Å². The first-order valence-corrected chi connectivity index (χ1v) is 6.84. The number of rotatable bonds is 2. The summed E-state index contributed by atoms with van der Waals surface area (Å²) in [6, 6.07) is 1.06. The van der Waals surface area contributed by atoms with Crippen LogP contribution in [-0.2, 0) is 6.18 Å². The number of nitrogens with zero attached hydrogens (tertiary/aromatic N) is 2. The van der Waals surface area contributed by atoms with Crippen molar-refractivity contribution in [3.05, 3.63) is 11.8 Å². The summed E-state index contributed by atoms with van der Waals surface area (Å²) >= 11 is 0. The Morgan fingerprint density at radius 3 is 2.60 bits per heavy atom. The van der Waals surface area contributed by atoms with E-state index in [1.54, 1.807) is 0 Å². The Kier molecular flexibility index (Phi) is 4.35. The van der Waals surface area contributed by atoms with Gasteiger partial charge in [-0.05, 0) is 18.8 Å². The Hall–Kier alpha value is -1.53. The topological polar surface area (TPSA) is 63.8 Å². The fraction of sp³-hybridized carbons (Fsp3) is 0.692. The SMILES string of the molecule is CC1CCCCCC1Nc1cc(C(F)(F)F)nc(N)n1. The summed E-state index contributed by atoms with van der Waals surface area (Å²) < 4.78 is 38.1. The van der Waals surface area contributed by atoms with Gasteiger partial charge in [-0.3, -0.25) is 0 Å². The van der Waals surface area contributed by atoms with Gasteiger partial charge in [0.05, 0.1) is 0 Å². The van der Waals surface area contributed by atoms with Crippen molar-refractivity contribution in [2.75, 3.05) is 11.1 Å². The molecule has 3 N–H and O–H groups in total. The Morgan fingerprint density at radius 2 is 1.90 bits per heavy atom. The third-order valence-corrected chi connectivity index (χ3v) is 3.73. The summed E-state index contributed by atoms with van der Waals surface area (Å²) in [6.07, 6.45) is 0.912. The summed E-state index contributed by atoms with van der Waals surface area (Å²) in [7, 11) is 0. The van der Waals surface area contributed by atoms with E-state index in [4.69, 9.17) is 5.73 Å². The highest BCUT2D eigenvalue weighted by Gasteiger charge is 2.34. The molecule has 0 amide bonds. The quantitative estimate of drug-likeness (QED) is 0.818. The monoisotopic (exact) mass is 288 g/mol. The van der Waals surface area contributed by atoms with Crippen LogP contribution in [0.2, 0.25) is 0 Å². The van der Waals surface area contributed by atoms with Gasteiger partial charge in [-0.25, -0.2) is 4.98 Å². The summed E-state index contributed by atoms with van der Waals surface area (Å²) in [6.45, 7) is 2.11. The normalized spacial score (nSPS) is 24.2. The van der Waals surface area contributed by atoms with Crippen LogP contribution in [0.25, 0.3) is 0 Å². The Bertz CT molecular complexity index is 461. The van der Waals surface area contributed by atoms with E-state index >= 15 is 0 Å². The van der Waals surface area contributed by atoms with Crippen molar-refractivity contribution >= 4 is 11.8 Å². The Morgan fingerprint density at radius 1 is 1.20 bits per heavy atom. The highest BCUT2D eigenvalue weighted by atomic mass is 19.4. The summed E-state index contributed by atoms with van der Waals surface area (Å²) in [5.41, 5.74) is 4.36. The van der Waals surface area contributed by atoms with Crippen molar-refractivity contribution in [2.24, 2.45) is 5.92 Å². The van der Waals surface area contributed by atoms with Crippen LogP contribution >= 0.6 is 0 Å². The van der Waals surface area contributed by atoms with Crippen molar-refractivity contribution in [3.8, 4) is 0 Å². The van der Waals surface area contributed by atoms with E-state index in [1.807, 2.05) is 0 Å². The van der Waals surface area contributed by atoms with Gasteiger partial charge >= 0.3 is 6.18 Å². The van der Waals surface area contributed by atoms with Gasteiger partial charge in [0.1, 0.15) is 5.82 Å². The maximum Gasteiger partial charge on any atom is 0.433 e. The zero-order valence-corrected chi connectivity index (χ0v) is 11.4. The molecule has 20 heavy (non-hydrogen) atoms. The van der Waals surface area contributed by atoms with Gasteiger partial charge in [0.25, 0.3) is 0 Å². The lowest BCUT2D eigenvalue weighted by Crippen LogP contribution is -2.27. The second-order valence-corrected chi connectivity index (χ2v) is 5.36. The number of anilines is 2. The molecule has 2 unspecified atom stereocenters. The summed E-state index contributed by atoms with van der Waals surface area (Å²) in [5.74, 6) is 0.204. The number of aromatic nitrogens is 2. The van der Waals surface area contributed by atoms with Crippen molar-refractivity contribution in [1.29, 1.82) is 0 Å². The zero-order valence-electron chi connectivity index (χ0n) is 11.4. The van der Waals surface area contributed by atoms with E-state index in [2.05, 4.69) is 22.2 Å². The molecule has 0 saturated heterocycles. The first kappa shape index (κ1) is 14.9. The summed E-state index contributed by atoms with van der Waals surface area (Å²) in [5, 5.41) is 3.09. The molecule has 1 fully saturated rings. The molecule has 0 aromatic carbocycles. The molecule has 0 spiro atoms. The molecule has 1 aromatic heterocycles. The Labute approximate surface area is 116 Å². The van der Waals surface area contributed by atoms with E-state index in [9.17, 15) is 13.2 Å². The minimum absolute atomic E-state index is 0.132. The number of nitrogens with one attached hydrogen (secondary N) is 1. The number of hydrogen-bond acceptors (Lipinski definition) is 4. The average molecular weight is 288 g/mol. The standard InChI is InChI=1S/C13H19F3N4/c1-8-5-3-2-4-6-9(8)18-11-7-10(13(14,15)16)19-12(17)20-11/h7-9H,2-6H2,1H3,(H3,17,18,19,20). The lowest BCUT2D eigenvalue weighted by atomic mass is 9.97. The third-order valence-electron chi connectivity index (χ3n) is 3.73. The molecular formula is C13H19F3N4. The number of nitrogen functional groups attached to an aromatic ring is 1. The van der Waals surface area contributed by atoms with Gasteiger partial charge in [0.15, 0.2) is 5.69 Å². The highest BCUT2D eigenvalue weighted by molar-refractivity contribution is 5.42. The molecular weight excluding hydrogens is 269 g/mol. The maximum atomic E-state index is 12.7. The first-order chi connectivity index (χ1) is 9.36. The van der Waals surface area contributed by atoms with E-state index in [1.165, 1.54) is 12.8 Å². The molecule has 7 heteroatoms. The van der Waals surface area contributed by atoms with E-state index in [-0.39, 0.29) is 17.8 Å². The lowest BCUT2D eigenvalue weighted by molar-refractivity contribution is -0.141. The number of halogens is 3. The molecule has 1 aromatic rings. The largest absolute Gasteiger partial charge is 0.433 e. The maximum absolute atomic E-state index is 12.7. The molecule has 1 saturated carbocycles. The van der Waals surface area contributed by atoms with Gasteiger partial charge in [-0.1, -0.05) is 26.2 Å². The molecule has 4 nitrogen and oxygen atoms in total. The predicted octanol–water partition coefficient (Wildman–Crippen LogP) is 3.46. The Balaban J connectivity index is 2.18. The minimum Gasteiger partial charge on any atom is -0.368 e. The average Bonchev–Trinajstić information content (AvgIpc) is 2.53. The molecule has 0 radical (unpaired) electrons. The molecule has 112 valence electrons. The van der Waals surface area contributed by atoms with Gasteiger partial charge in [-0.2, -0.15) is 18.2 Å². The predicted molar refractivity (Wildman–Crippen MR) is 71.1 cm³/mol. The first-order valence-electron chi connectivity index (χ1n) is 6.84. The summed E-state index contributed by atoms with van der Waals surface area (Å²) in [4.78, 5) is 7.10. The minimum atomic E-state index is -4.51. The number of alkyl halides is 3. The van der Waals surface area contributed by atoms with Crippen LogP contribution in [0.15, 0.2) is 6.07 Å². The molecule has 1 aliphatic rings. The highest BCUT2D eigenvalue weighted by Crippen LogP contribution is 2.30. The van der Waals surface area contributed by atoms with Crippen molar-refractivity contribution < 1.29 is 13.2 Å². The van der Waals surface area contributed by atoms with Crippen LogP contribution in [0.3, 0.4) is 0 Å². The number of nitrogens with two attached hydrogens (primary N) is 1. The van der Waals surface area contributed by atoms with E-state index in [0.717, 1.165) is 25.3 Å². The molecule has 2 atom stereocenters. The van der Waals surface area contributed by atoms with Crippen LogP contribution in [0.5, 0.6) is 0 Å². The lowest BCUT2D eigenvalue weighted by Gasteiger charge is -2.23. The van der Waals surface area contributed by atoms with Gasteiger partial charge < -0.3 is 11.1 Å². The molecule has 1 aliphatic carbocycles. The van der Waals surface area contributed by atoms with Crippen LogP contribution in [0.1, 0.15) is 44.7 Å². The second kappa shape index (κ2) is 5.85. The molecule has 2 rings (SSSR count). The van der Waals surface area contributed by atoms with E-state index in [0.29, 0.717) is 5.92 Å².